The van der Waals surface area contributed by atoms with E-state index in [-0.39, 0.29) is 6.61 Å². The molecule has 2 unspecified atom stereocenters. The Morgan fingerprint density at radius 2 is 2.28 bits per heavy atom. The lowest BCUT2D eigenvalue weighted by Crippen LogP contribution is -2.41. The van der Waals surface area contributed by atoms with Gasteiger partial charge in [0.1, 0.15) is 18.3 Å². The van der Waals surface area contributed by atoms with Crippen LogP contribution in [0.2, 0.25) is 0 Å². The van der Waals surface area contributed by atoms with Gasteiger partial charge in [-0.05, 0) is 6.08 Å². The Balaban J connectivity index is 1.77. The molecule has 0 bridgehead atoms. The fourth-order valence-electron chi connectivity index (χ4n) is 2.25. The van der Waals surface area contributed by atoms with Gasteiger partial charge >= 0.3 is 0 Å². The van der Waals surface area contributed by atoms with Gasteiger partial charge in [-0.15, -0.1) is 11.3 Å². The zero-order valence-electron chi connectivity index (χ0n) is 9.51. The molecule has 3 rings (SSSR count). The van der Waals surface area contributed by atoms with Gasteiger partial charge in [0, 0.05) is 6.20 Å². The first kappa shape index (κ1) is 12.1. The summed E-state index contributed by atoms with van der Waals surface area (Å²) in [5, 5.41) is 28.7. The van der Waals surface area contributed by atoms with Crippen molar-refractivity contribution in [2.75, 3.05) is 6.61 Å². The topological polar surface area (TPSA) is 86.1 Å². The largest absolute Gasteiger partial charge is 0.394 e. The smallest absolute Gasteiger partial charge is 0.159 e. The molecule has 3 heterocycles. The second kappa shape index (κ2) is 4.60. The Morgan fingerprint density at radius 1 is 1.44 bits per heavy atom. The molecule has 2 aliphatic rings. The Bertz CT molecular complexity index is 464. The highest BCUT2D eigenvalue weighted by Gasteiger charge is 2.45. The van der Waals surface area contributed by atoms with Gasteiger partial charge in [-0.25, -0.2) is 4.98 Å². The van der Waals surface area contributed by atoms with E-state index in [1.807, 2.05) is 11.0 Å². The number of fused-ring (bicyclic) bond motifs is 1. The summed E-state index contributed by atoms with van der Waals surface area (Å²) in [7, 11) is 0. The summed E-state index contributed by atoms with van der Waals surface area (Å²) >= 11 is 1.54. The van der Waals surface area contributed by atoms with Gasteiger partial charge in [0.15, 0.2) is 6.23 Å². The van der Waals surface area contributed by atoms with E-state index in [1.54, 1.807) is 23.0 Å². The minimum atomic E-state index is -1.06. The van der Waals surface area contributed by atoms with Crippen molar-refractivity contribution in [2.24, 2.45) is 0 Å². The van der Waals surface area contributed by atoms with Crippen LogP contribution in [0.1, 0.15) is 10.6 Å². The van der Waals surface area contributed by atoms with Crippen LogP contribution in [-0.4, -0.2) is 56.4 Å². The molecule has 1 saturated heterocycles. The second-order valence-corrected chi connectivity index (χ2v) is 5.32. The molecule has 2 aliphatic heterocycles. The molecular formula is C11H14N2O4S. The van der Waals surface area contributed by atoms with Crippen molar-refractivity contribution in [3.05, 3.63) is 22.3 Å². The molecule has 1 fully saturated rings. The fraction of sp³-hybridized carbons (Fsp3) is 0.545. The number of nitrogens with zero attached hydrogens (tertiary/aromatic N) is 2. The SMILES string of the molecule is OC[C@H]1O[C@@H](N2C=Cc3ncsc3C2)C(O)C1O. The first-order chi connectivity index (χ1) is 8.70. The average molecular weight is 270 g/mol. The third kappa shape index (κ3) is 1.84. The summed E-state index contributed by atoms with van der Waals surface area (Å²) in [5.74, 6) is 0. The predicted molar refractivity (Wildman–Crippen MR) is 64.5 cm³/mol. The number of aliphatic hydroxyl groups is 3. The van der Waals surface area contributed by atoms with Crippen molar-refractivity contribution >= 4 is 17.4 Å². The van der Waals surface area contributed by atoms with Crippen molar-refractivity contribution in [1.82, 2.24) is 9.88 Å². The van der Waals surface area contributed by atoms with Crippen LogP contribution >= 0.6 is 11.3 Å². The second-order valence-electron chi connectivity index (χ2n) is 4.38. The van der Waals surface area contributed by atoms with E-state index < -0.39 is 24.5 Å². The molecule has 4 atom stereocenters. The van der Waals surface area contributed by atoms with E-state index in [0.717, 1.165) is 10.6 Å². The summed E-state index contributed by atoms with van der Waals surface area (Å²) in [6, 6.07) is 0. The Labute approximate surface area is 108 Å². The van der Waals surface area contributed by atoms with Gasteiger partial charge in [0.2, 0.25) is 0 Å². The van der Waals surface area contributed by atoms with Crippen LogP contribution in [0.4, 0.5) is 0 Å². The number of rotatable bonds is 2. The third-order valence-electron chi connectivity index (χ3n) is 3.27. The molecule has 0 saturated carbocycles. The molecular weight excluding hydrogens is 256 g/mol. The number of ether oxygens (including phenoxy) is 1. The van der Waals surface area contributed by atoms with Crippen LogP contribution in [0.3, 0.4) is 0 Å². The lowest BCUT2D eigenvalue weighted by atomic mass is 10.1. The summed E-state index contributed by atoms with van der Waals surface area (Å²) in [6.07, 6.45) is 0.189. The van der Waals surface area contributed by atoms with Crippen LogP contribution in [0.25, 0.3) is 6.08 Å². The lowest BCUT2D eigenvalue weighted by Gasteiger charge is -2.30. The van der Waals surface area contributed by atoms with Crippen molar-refractivity contribution in [1.29, 1.82) is 0 Å². The van der Waals surface area contributed by atoms with Crippen molar-refractivity contribution in [2.45, 2.75) is 31.1 Å². The van der Waals surface area contributed by atoms with Crippen LogP contribution in [0.15, 0.2) is 11.7 Å². The van der Waals surface area contributed by atoms with Crippen LogP contribution in [0, 0.1) is 0 Å². The van der Waals surface area contributed by atoms with Gasteiger partial charge in [0.05, 0.1) is 29.2 Å². The van der Waals surface area contributed by atoms with Crippen molar-refractivity contribution in [3.63, 3.8) is 0 Å². The molecule has 6 nitrogen and oxygen atoms in total. The average Bonchev–Trinajstić information content (AvgIpc) is 2.95. The van der Waals surface area contributed by atoms with E-state index in [9.17, 15) is 10.2 Å². The molecule has 0 radical (unpaired) electrons. The molecule has 7 heteroatoms. The highest BCUT2D eigenvalue weighted by Crippen LogP contribution is 2.30. The minimum Gasteiger partial charge on any atom is -0.394 e. The Morgan fingerprint density at radius 3 is 3.00 bits per heavy atom. The van der Waals surface area contributed by atoms with E-state index in [4.69, 9.17) is 9.84 Å². The van der Waals surface area contributed by atoms with Crippen LogP contribution in [0.5, 0.6) is 0 Å². The van der Waals surface area contributed by atoms with Gasteiger partial charge < -0.3 is 25.0 Å². The highest BCUT2D eigenvalue weighted by atomic mass is 32.1. The van der Waals surface area contributed by atoms with E-state index in [2.05, 4.69) is 4.98 Å². The summed E-state index contributed by atoms with van der Waals surface area (Å²) in [4.78, 5) is 7.10. The van der Waals surface area contributed by atoms with Gasteiger partial charge in [0.25, 0.3) is 0 Å². The summed E-state index contributed by atoms with van der Waals surface area (Å²) in [6.45, 7) is 0.279. The summed E-state index contributed by atoms with van der Waals surface area (Å²) < 4.78 is 5.48. The molecule has 98 valence electrons. The van der Waals surface area contributed by atoms with Crippen LogP contribution < -0.4 is 0 Å². The quantitative estimate of drug-likeness (QED) is 0.663. The van der Waals surface area contributed by atoms with Crippen molar-refractivity contribution < 1.29 is 20.1 Å². The maximum absolute atomic E-state index is 9.94. The monoisotopic (exact) mass is 270 g/mol. The van der Waals surface area contributed by atoms with Crippen molar-refractivity contribution in [3.8, 4) is 0 Å². The number of thiazole rings is 1. The fourth-order valence-corrected chi connectivity index (χ4v) is 3.01. The molecule has 1 aromatic heterocycles. The molecule has 1 aromatic rings. The number of hydrogen-bond donors (Lipinski definition) is 3. The zero-order valence-corrected chi connectivity index (χ0v) is 10.3. The molecule has 0 aliphatic carbocycles. The third-order valence-corrected chi connectivity index (χ3v) is 4.10. The van der Waals surface area contributed by atoms with E-state index in [1.165, 1.54) is 0 Å². The van der Waals surface area contributed by atoms with E-state index in [0.29, 0.717) is 6.54 Å². The minimum absolute atomic E-state index is 0.307. The molecule has 3 N–H and O–H groups in total. The molecule has 0 spiro atoms. The molecule has 0 aromatic carbocycles. The van der Waals surface area contributed by atoms with Gasteiger partial charge in [-0.2, -0.15) is 0 Å². The standard InChI is InChI=1S/C11H14N2O4S/c14-4-7-9(15)10(16)11(17-7)13-2-1-6-8(3-13)18-5-12-6/h1-2,5,7,9-11,14-16H,3-4H2/t7-,9?,10?,11-/m1/s1. The van der Waals surface area contributed by atoms with E-state index >= 15 is 0 Å². The Hall–Kier alpha value is -0.990. The molecule has 0 amide bonds. The first-order valence-electron chi connectivity index (χ1n) is 5.69. The first-order valence-corrected chi connectivity index (χ1v) is 6.57. The van der Waals surface area contributed by atoms with Crippen LogP contribution in [-0.2, 0) is 11.3 Å². The highest BCUT2D eigenvalue weighted by molar-refractivity contribution is 7.09. The predicted octanol–water partition coefficient (Wildman–Crippen LogP) is -0.632. The normalized spacial score (nSPS) is 34.9. The summed E-state index contributed by atoms with van der Waals surface area (Å²) in [5.41, 5.74) is 2.71. The number of aliphatic hydroxyl groups excluding tert-OH is 3. The zero-order chi connectivity index (χ0) is 12.7. The lowest BCUT2D eigenvalue weighted by molar-refractivity contribution is -0.0823. The number of aromatic nitrogens is 1. The maximum Gasteiger partial charge on any atom is 0.159 e. The van der Waals surface area contributed by atoms with Gasteiger partial charge in [-0.1, -0.05) is 0 Å². The number of hydrogen-bond acceptors (Lipinski definition) is 7. The van der Waals surface area contributed by atoms with Gasteiger partial charge in [-0.3, -0.25) is 0 Å². The Kier molecular flexibility index (Phi) is 3.08. The molecule has 18 heavy (non-hydrogen) atoms. The maximum atomic E-state index is 9.94.